The highest BCUT2D eigenvalue weighted by molar-refractivity contribution is 5.38. The zero-order chi connectivity index (χ0) is 17.1. The van der Waals surface area contributed by atoms with Gasteiger partial charge in [-0.15, -0.1) is 0 Å². The molecule has 7 heteroatoms. The lowest BCUT2D eigenvalue weighted by molar-refractivity contribution is 0.252. The van der Waals surface area contributed by atoms with Crippen LogP contribution in [0.4, 0.5) is 14.6 Å². The minimum Gasteiger partial charge on any atom is -0.489 e. The summed E-state index contributed by atoms with van der Waals surface area (Å²) in [5.74, 6) is 0.263. The molecular weight excluding hydrogens is 314 g/mol. The number of nitrogens with one attached hydrogen (secondary N) is 2. The molecule has 0 amide bonds. The number of anilines is 1. The Labute approximate surface area is 140 Å². The van der Waals surface area contributed by atoms with Crippen LogP contribution >= 0.6 is 0 Å². The standard InChI is InChI=1S/C17H22F2N4O/c1-11-5-17-21-8-13(9-23(17)22-11)7-20-12(2)10-24-16-4-3-14(18)6-15(16)19/h3-6,12-13,20-21H,7-10H2,1-2H3/t12-,13+/m1/s1. The monoisotopic (exact) mass is 336 g/mol. The van der Waals surface area contributed by atoms with E-state index in [2.05, 4.69) is 15.7 Å². The summed E-state index contributed by atoms with van der Waals surface area (Å²) >= 11 is 0. The number of rotatable bonds is 6. The van der Waals surface area contributed by atoms with E-state index in [1.165, 1.54) is 12.1 Å². The van der Waals surface area contributed by atoms with Gasteiger partial charge < -0.3 is 15.4 Å². The maximum Gasteiger partial charge on any atom is 0.167 e. The molecule has 0 unspecified atom stereocenters. The van der Waals surface area contributed by atoms with Gasteiger partial charge in [0.15, 0.2) is 11.6 Å². The van der Waals surface area contributed by atoms with Gasteiger partial charge in [-0.25, -0.2) is 13.5 Å². The van der Waals surface area contributed by atoms with E-state index < -0.39 is 11.6 Å². The molecule has 0 bridgehead atoms. The van der Waals surface area contributed by atoms with Gasteiger partial charge in [-0.2, -0.15) is 5.10 Å². The normalized spacial score (nSPS) is 17.9. The van der Waals surface area contributed by atoms with Crippen molar-refractivity contribution in [1.82, 2.24) is 15.1 Å². The SMILES string of the molecule is Cc1cc2n(n1)C[C@@H](CN[C@H](C)COc1ccc(F)cc1F)CN2. The number of fused-ring (bicyclic) bond motifs is 1. The van der Waals surface area contributed by atoms with E-state index in [-0.39, 0.29) is 11.8 Å². The number of hydrogen-bond acceptors (Lipinski definition) is 4. The van der Waals surface area contributed by atoms with Crippen LogP contribution in [0.3, 0.4) is 0 Å². The van der Waals surface area contributed by atoms with Crippen molar-refractivity contribution in [2.75, 3.05) is 25.0 Å². The molecular formula is C17H22F2N4O. The lowest BCUT2D eigenvalue weighted by atomic mass is 10.1. The highest BCUT2D eigenvalue weighted by Gasteiger charge is 2.19. The smallest absolute Gasteiger partial charge is 0.167 e. The van der Waals surface area contributed by atoms with Crippen LogP contribution in [-0.4, -0.2) is 35.5 Å². The molecule has 3 rings (SSSR count). The molecule has 0 fully saturated rings. The fraction of sp³-hybridized carbons (Fsp3) is 0.471. The fourth-order valence-electron chi connectivity index (χ4n) is 2.76. The Morgan fingerprint density at radius 3 is 3.04 bits per heavy atom. The molecule has 1 aromatic heterocycles. The summed E-state index contributed by atoms with van der Waals surface area (Å²) in [7, 11) is 0. The maximum absolute atomic E-state index is 13.5. The first-order valence-corrected chi connectivity index (χ1v) is 8.11. The van der Waals surface area contributed by atoms with Gasteiger partial charge in [0.05, 0.1) is 5.69 Å². The molecule has 2 heterocycles. The number of benzene rings is 1. The Hall–Kier alpha value is -2.15. The molecule has 1 aliphatic heterocycles. The molecule has 0 aliphatic carbocycles. The molecule has 24 heavy (non-hydrogen) atoms. The van der Waals surface area contributed by atoms with E-state index in [1.807, 2.05) is 24.6 Å². The van der Waals surface area contributed by atoms with Crippen molar-refractivity contribution < 1.29 is 13.5 Å². The second kappa shape index (κ2) is 7.17. The fourth-order valence-corrected chi connectivity index (χ4v) is 2.76. The lowest BCUT2D eigenvalue weighted by Gasteiger charge is -2.26. The third kappa shape index (κ3) is 4.03. The van der Waals surface area contributed by atoms with Crippen molar-refractivity contribution in [2.45, 2.75) is 26.4 Å². The third-order valence-corrected chi connectivity index (χ3v) is 4.04. The number of aromatic nitrogens is 2. The van der Waals surface area contributed by atoms with E-state index in [1.54, 1.807) is 0 Å². The van der Waals surface area contributed by atoms with E-state index >= 15 is 0 Å². The molecule has 1 aliphatic rings. The first-order valence-electron chi connectivity index (χ1n) is 8.11. The zero-order valence-corrected chi connectivity index (χ0v) is 13.9. The Morgan fingerprint density at radius 1 is 1.42 bits per heavy atom. The largest absolute Gasteiger partial charge is 0.489 e. The number of halogens is 2. The van der Waals surface area contributed by atoms with Gasteiger partial charge in [-0.3, -0.25) is 0 Å². The summed E-state index contributed by atoms with van der Waals surface area (Å²) in [4.78, 5) is 0. The van der Waals surface area contributed by atoms with Gasteiger partial charge in [0, 0.05) is 43.7 Å². The summed E-state index contributed by atoms with van der Waals surface area (Å²) in [6.45, 7) is 6.83. The highest BCUT2D eigenvalue weighted by Crippen LogP contribution is 2.19. The zero-order valence-electron chi connectivity index (χ0n) is 13.9. The third-order valence-electron chi connectivity index (χ3n) is 4.04. The highest BCUT2D eigenvalue weighted by atomic mass is 19.1. The molecule has 5 nitrogen and oxygen atoms in total. The average molecular weight is 336 g/mol. The number of ether oxygens (including phenoxy) is 1. The number of aryl methyl sites for hydroxylation is 1. The van der Waals surface area contributed by atoms with Gasteiger partial charge in [0.25, 0.3) is 0 Å². The Morgan fingerprint density at radius 2 is 2.25 bits per heavy atom. The van der Waals surface area contributed by atoms with Gasteiger partial charge >= 0.3 is 0 Å². The predicted molar refractivity (Wildman–Crippen MR) is 88.3 cm³/mol. The van der Waals surface area contributed by atoms with Crippen LogP contribution in [0.25, 0.3) is 0 Å². The molecule has 0 radical (unpaired) electrons. The van der Waals surface area contributed by atoms with Crippen LogP contribution in [0.1, 0.15) is 12.6 Å². The first kappa shape index (κ1) is 16.7. The van der Waals surface area contributed by atoms with Crippen molar-refractivity contribution >= 4 is 5.82 Å². The average Bonchev–Trinajstić information content (AvgIpc) is 2.91. The van der Waals surface area contributed by atoms with Crippen molar-refractivity contribution in [2.24, 2.45) is 5.92 Å². The van der Waals surface area contributed by atoms with E-state index in [4.69, 9.17) is 4.74 Å². The lowest BCUT2D eigenvalue weighted by Crippen LogP contribution is -2.40. The van der Waals surface area contributed by atoms with Gasteiger partial charge in [-0.1, -0.05) is 0 Å². The maximum atomic E-state index is 13.5. The van der Waals surface area contributed by atoms with Crippen LogP contribution in [0.15, 0.2) is 24.3 Å². The molecule has 2 aromatic rings. The van der Waals surface area contributed by atoms with Crippen LogP contribution < -0.4 is 15.4 Å². The summed E-state index contributed by atoms with van der Waals surface area (Å²) < 4.78 is 33.8. The van der Waals surface area contributed by atoms with E-state index in [0.717, 1.165) is 37.2 Å². The van der Waals surface area contributed by atoms with Crippen LogP contribution in [0, 0.1) is 24.5 Å². The summed E-state index contributed by atoms with van der Waals surface area (Å²) in [5, 5.41) is 11.2. The second-order valence-corrected chi connectivity index (χ2v) is 6.30. The molecule has 2 N–H and O–H groups in total. The van der Waals surface area contributed by atoms with Crippen molar-refractivity contribution in [3.63, 3.8) is 0 Å². The Balaban J connectivity index is 1.43. The molecule has 130 valence electrons. The minimum absolute atomic E-state index is 0.0511. The van der Waals surface area contributed by atoms with Gasteiger partial charge in [0.2, 0.25) is 0 Å². The summed E-state index contributed by atoms with van der Waals surface area (Å²) in [6.07, 6.45) is 0. The molecule has 0 saturated heterocycles. The van der Waals surface area contributed by atoms with E-state index in [0.29, 0.717) is 12.5 Å². The van der Waals surface area contributed by atoms with Crippen LogP contribution in [-0.2, 0) is 6.54 Å². The van der Waals surface area contributed by atoms with Crippen LogP contribution in [0.2, 0.25) is 0 Å². The minimum atomic E-state index is -0.680. The number of nitrogens with zero attached hydrogens (tertiary/aromatic N) is 2. The van der Waals surface area contributed by atoms with Crippen LogP contribution in [0.5, 0.6) is 5.75 Å². The summed E-state index contributed by atoms with van der Waals surface area (Å²) in [6, 6.07) is 5.41. The van der Waals surface area contributed by atoms with Gasteiger partial charge in [0.1, 0.15) is 18.2 Å². The molecule has 0 saturated carbocycles. The molecule has 0 spiro atoms. The van der Waals surface area contributed by atoms with E-state index in [9.17, 15) is 8.78 Å². The predicted octanol–water partition coefficient (Wildman–Crippen LogP) is 2.57. The first-order chi connectivity index (χ1) is 11.5. The van der Waals surface area contributed by atoms with Crippen molar-refractivity contribution in [1.29, 1.82) is 0 Å². The Kier molecular flexibility index (Phi) is 4.99. The second-order valence-electron chi connectivity index (χ2n) is 6.30. The Bertz CT molecular complexity index is 704. The quantitative estimate of drug-likeness (QED) is 0.851. The number of hydrogen-bond donors (Lipinski definition) is 2. The topological polar surface area (TPSA) is 51.1 Å². The molecule has 2 atom stereocenters. The molecule has 1 aromatic carbocycles. The summed E-state index contributed by atoms with van der Waals surface area (Å²) in [5.41, 5.74) is 1.01. The van der Waals surface area contributed by atoms with Gasteiger partial charge in [-0.05, 0) is 26.0 Å². The van der Waals surface area contributed by atoms with Crippen molar-refractivity contribution in [3.05, 3.63) is 41.6 Å². The van der Waals surface area contributed by atoms with Crippen molar-refractivity contribution in [3.8, 4) is 5.75 Å².